The first-order valence-corrected chi connectivity index (χ1v) is 10.6. The van der Waals surface area contributed by atoms with E-state index in [0.29, 0.717) is 17.7 Å². The highest BCUT2D eigenvalue weighted by molar-refractivity contribution is 8.01. The second kappa shape index (κ2) is 9.14. The summed E-state index contributed by atoms with van der Waals surface area (Å²) in [5.74, 6) is 0.523. The van der Waals surface area contributed by atoms with E-state index in [1.165, 1.54) is 23.1 Å². The molecule has 26 heavy (non-hydrogen) atoms. The van der Waals surface area contributed by atoms with E-state index >= 15 is 0 Å². The summed E-state index contributed by atoms with van der Waals surface area (Å²) in [6, 6.07) is 7.28. The van der Waals surface area contributed by atoms with Gasteiger partial charge in [-0.15, -0.1) is 10.2 Å². The van der Waals surface area contributed by atoms with Gasteiger partial charge in [0.15, 0.2) is 10.1 Å². The number of aromatic nitrogens is 2. The Morgan fingerprint density at radius 2 is 2.12 bits per heavy atom. The lowest BCUT2D eigenvalue weighted by atomic mass is 10.1. The Morgan fingerprint density at radius 3 is 2.81 bits per heavy atom. The third-order valence-electron chi connectivity index (χ3n) is 4.11. The van der Waals surface area contributed by atoms with Crippen molar-refractivity contribution in [2.45, 2.75) is 36.9 Å². The van der Waals surface area contributed by atoms with Gasteiger partial charge in [-0.3, -0.25) is 9.59 Å². The average molecular weight is 391 g/mol. The minimum absolute atomic E-state index is 0.0463. The van der Waals surface area contributed by atoms with Crippen molar-refractivity contribution in [2.75, 3.05) is 29.1 Å². The molecule has 0 spiro atoms. The van der Waals surface area contributed by atoms with Gasteiger partial charge < -0.3 is 10.2 Å². The molecule has 0 bridgehead atoms. The van der Waals surface area contributed by atoms with Crippen molar-refractivity contribution in [3.63, 3.8) is 0 Å². The standard InChI is InChI=1S/C18H22N4O2S2/c1-2-3-10-19-17-20-21-18(26-17)25-12-15(23)13-6-8-14(9-7-13)22-11-4-5-16(22)24/h6-9H,2-5,10-12H2,1H3,(H,19,20). The van der Waals surface area contributed by atoms with Crippen molar-refractivity contribution in [3.05, 3.63) is 29.8 Å². The van der Waals surface area contributed by atoms with E-state index in [0.717, 1.165) is 47.5 Å². The molecule has 138 valence electrons. The highest BCUT2D eigenvalue weighted by Crippen LogP contribution is 2.27. The number of thioether (sulfide) groups is 1. The zero-order valence-electron chi connectivity index (χ0n) is 14.7. The Balaban J connectivity index is 1.51. The molecule has 2 heterocycles. The number of carbonyl (C=O) groups excluding carboxylic acids is 2. The summed E-state index contributed by atoms with van der Waals surface area (Å²) in [7, 11) is 0. The quantitative estimate of drug-likeness (QED) is 0.398. The fourth-order valence-corrected chi connectivity index (χ4v) is 4.34. The van der Waals surface area contributed by atoms with Gasteiger partial charge in [0.05, 0.1) is 5.75 Å². The first-order chi connectivity index (χ1) is 12.7. The van der Waals surface area contributed by atoms with E-state index < -0.39 is 0 Å². The Labute approximate surface area is 161 Å². The van der Waals surface area contributed by atoms with E-state index in [-0.39, 0.29) is 11.7 Å². The fraction of sp³-hybridized carbons (Fsp3) is 0.444. The predicted molar refractivity (Wildman–Crippen MR) is 106 cm³/mol. The van der Waals surface area contributed by atoms with E-state index in [4.69, 9.17) is 0 Å². The summed E-state index contributed by atoms with van der Waals surface area (Å²) in [5.41, 5.74) is 1.52. The highest BCUT2D eigenvalue weighted by atomic mass is 32.2. The Kier molecular flexibility index (Phi) is 6.62. The normalized spacial score (nSPS) is 14.0. The van der Waals surface area contributed by atoms with Gasteiger partial charge in [0, 0.05) is 30.8 Å². The van der Waals surface area contributed by atoms with Crippen molar-refractivity contribution < 1.29 is 9.59 Å². The van der Waals surface area contributed by atoms with Crippen LogP contribution in [0.2, 0.25) is 0 Å². The number of nitrogens with zero attached hydrogens (tertiary/aromatic N) is 3. The molecule has 3 rings (SSSR count). The molecule has 0 radical (unpaired) electrons. The van der Waals surface area contributed by atoms with Crippen LogP contribution >= 0.6 is 23.1 Å². The number of anilines is 2. The molecule has 0 atom stereocenters. The summed E-state index contributed by atoms with van der Waals surface area (Å²) in [6.07, 6.45) is 3.73. The SMILES string of the molecule is CCCCNc1nnc(SCC(=O)c2ccc(N3CCCC3=O)cc2)s1. The van der Waals surface area contributed by atoms with Crippen LogP contribution < -0.4 is 10.2 Å². The molecule has 1 aliphatic rings. The maximum absolute atomic E-state index is 12.4. The van der Waals surface area contributed by atoms with E-state index in [9.17, 15) is 9.59 Å². The zero-order chi connectivity index (χ0) is 18.4. The molecule has 1 aromatic carbocycles. The van der Waals surface area contributed by atoms with Gasteiger partial charge in [0.25, 0.3) is 0 Å². The summed E-state index contributed by atoms with van der Waals surface area (Å²) < 4.78 is 0.789. The average Bonchev–Trinajstić information content (AvgIpc) is 3.29. The molecule has 0 aliphatic carbocycles. The third-order valence-corrected chi connectivity index (χ3v) is 6.13. The first kappa shape index (κ1) is 18.8. The number of hydrogen-bond acceptors (Lipinski definition) is 7. The van der Waals surface area contributed by atoms with Crippen molar-refractivity contribution in [2.24, 2.45) is 0 Å². The van der Waals surface area contributed by atoms with E-state index in [1.807, 2.05) is 12.1 Å². The number of benzene rings is 1. The second-order valence-electron chi connectivity index (χ2n) is 6.06. The number of carbonyl (C=O) groups is 2. The van der Waals surface area contributed by atoms with Gasteiger partial charge in [-0.2, -0.15) is 0 Å². The monoisotopic (exact) mass is 390 g/mol. The third kappa shape index (κ3) is 4.82. The van der Waals surface area contributed by atoms with Crippen molar-refractivity contribution in [3.8, 4) is 0 Å². The molecule has 1 N–H and O–H groups in total. The van der Waals surface area contributed by atoms with Gasteiger partial charge in [-0.05, 0) is 37.1 Å². The van der Waals surface area contributed by atoms with Gasteiger partial charge in [0.2, 0.25) is 11.0 Å². The first-order valence-electron chi connectivity index (χ1n) is 8.81. The van der Waals surface area contributed by atoms with Crippen LogP contribution in [0.4, 0.5) is 10.8 Å². The summed E-state index contributed by atoms with van der Waals surface area (Å²) in [4.78, 5) is 25.9. The van der Waals surface area contributed by atoms with Crippen LogP contribution in [0.5, 0.6) is 0 Å². The molecule has 1 aromatic heterocycles. The molecule has 1 aliphatic heterocycles. The van der Waals surface area contributed by atoms with Crippen LogP contribution in [0.1, 0.15) is 43.0 Å². The Hall–Kier alpha value is -1.93. The van der Waals surface area contributed by atoms with Gasteiger partial charge >= 0.3 is 0 Å². The lowest BCUT2D eigenvalue weighted by Crippen LogP contribution is -2.23. The number of rotatable bonds is 9. The number of hydrogen-bond donors (Lipinski definition) is 1. The molecule has 6 nitrogen and oxygen atoms in total. The van der Waals surface area contributed by atoms with Crippen molar-refractivity contribution in [1.82, 2.24) is 10.2 Å². The van der Waals surface area contributed by atoms with Crippen molar-refractivity contribution in [1.29, 1.82) is 0 Å². The van der Waals surface area contributed by atoms with E-state index in [1.54, 1.807) is 17.0 Å². The number of nitrogens with one attached hydrogen (secondary N) is 1. The topological polar surface area (TPSA) is 75.2 Å². The van der Waals surface area contributed by atoms with Crippen LogP contribution in [-0.2, 0) is 4.79 Å². The zero-order valence-corrected chi connectivity index (χ0v) is 16.4. The van der Waals surface area contributed by atoms with Crippen LogP contribution in [-0.4, -0.2) is 40.7 Å². The lowest BCUT2D eigenvalue weighted by Gasteiger charge is -2.15. The van der Waals surface area contributed by atoms with Gasteiger partial charge in [0.1, 0.15) is 0 Å². The molecule has 1 fully saturated rings. The fourth-order valence-electron chi connectivity index (χ4n) is 2.67. The minimum atomic E-state index is 0.0463. The molecule has 8 heteroatoms. The summed E-state index contributed by atoms with van der Waals surface area (Å²) in [6.45, 7) is 3.79. The molecule has 2 aromatic rings. The summed E-state index contributed by atoms with van der Waals surface area (Å²) in [5, 5.41) is 12.2. The van der Waals surface area contributed by atoms with Crippen molar-refractivity contribution >= 4 is 45.6 Å². The number of amides is 1. The van der Waals surface area contributed by atoms with E-state index in [2.05, 4.69) is 22.4 Å². The Morgan fingerprint density at radius 1 is 1.31 bits per heavy atom. The van der Waals surface area contributed by atoms with Gasteiger partial charge in [-0.1, -0.05) is 36.4 Å². The second-order valence-corrected chi connectivity index (χ2v) is 8.26. The smallest absolute Gasteiger partial charge is 0.227 e. The maximum Gasteiger partial charge on any atom is 0.227 e. The van der Waals surface area contributed by atoms with Crippen LogP contribution in [0.3, 0.4) is 0 Å². The van der Waals surface area contributed by atoms with Crippen LogP contribution in [0.15, 0.2) is 28.6 Å². The number of unbranched alkanes of at least 4 members (excludes halogenated alkanes) is 1. The van der Waals surface area contributed by atoms with Crippen LogP contribution in [0.25, 0.3) is 0 Å². The number of Topliss-reactive ketones (excluding diaryl/α,β-unsaturated/α-hetero) is 1. The molecule has 1 saturated heterocycles. The maximum atomic E-state index is 12.4. The van der Waals surface area contributed by atoms with Gasteiger partial charge in [-0.25, -0.2) is 0 Å². The Bertz CT molecular complexity index is 761. The lowest BCUT2D eigenvalue weighted by molar-refractivity contribution is -0.117. The predicted octanol–water partition coefficient (Wildman–Crippen LogP) is 3.85. The minimum Gasteiger partial charge on any atom is -0.360 e. The van der Waals surface area contributed by atoms with Crippen LogP contribution in [0, 0.1) is 0 Å². The molecule has 0 saturated carbocycles. The highest BCUT2D eigenvalue weighted by Gasteiger charge is 2.21. The molecule has 0 unspecified atom stereocenters. The molecular formula is C18H22N4O2S2. The molecular weight excluding hydrogens is 368 g/mol. The molecule has 1 amide bonds. The summed E-state index contributed by atoms with van der Waals surface area (Å²) >= 11 is 2.88. The largest absolute Gasteiger partial charge is 0.360 e. The number of ketones is 1.